The Balaban J connectivity index is 1.91. The first-order chi connectivity index (χ1) is 12.3. The largest absolute Gasteiger partial charge is 0.382 e. The highest BCUT2D eigenvalue weighted by molar-refractivity contribution is 5.97. The van der Waals surface area contributed by atoms with E-state index in [2.05, 4.69) is 6.58 Å². The molecule has 0 saturated carbocycles. The lowest BCUT2D eigenvalue weighted by Gasteiger charge is -2.07. The van der Waals surface area contributed by atoms with Gasteiger partial charge in [0, 0.05) is 12.7 Å². The Morgan fingerprint density at radius 1 is 0.840 bits per heavy atom. The van der Waals surface area contributed by atoms with Crippen LogP contribution in [0.1, 0.15) is 15.9 Å². The first-order valence-electron chi connectivity index (χ1n) is 8.33. The van der Waals surface area contributed by atoms with Gasteiger partial charge in [-0.05, 0) is 5.56 Å². The van der Waals surface area contributed by atoms with Gasteiger partial charge in [-0.2, -0.15) is 0 Å². The lowest BCUT2D eigenvalue weighted by Crippen LogP contribution is -2.15. The molecule has 0 radical (unpaired) electrons. The maximum Gasteiger partial charge on any atom is 0.188 e. The highest BCUT2D eigenvalue weighted by Gasteiger charge is 2.05. The topological polar surface area (TPSA) is 63.2 Å². The van der Waals surface area contributed by atoms with Gasteiger partial charge in [-0.15, -0.1) is 0 Å². The molecule has 0 N–H and O–H groups in total. The van der Waals surface area contributed by atoms with Crippen LogP contribution in [0, 0.1) is 0 Å². The molecule has 1 aromatic rings. The number of ketones is 1. The minimum absolute atomic E-state index is 0.0477. The van der Waals surface area contributed by atoms with Gasteiger partial charge in [0.25, 0.3) is 0 Å². The van der Waals surface area contributed by atoms with Crippen molar-refractivity contribution in [3.63, 3.8) is 0 Å². The number of ether oxygens (including phenoxy) is 5. The third-order valence-corrected chi connectivity index (χ3v) is 3.25. The van der Waals surface area contributed by atoms with E-state index in [9.17, 15) is 4.79 Å². The van der Waals surface area contributed by atoms with Crippen LogP contribution in [0.3, 0.4) is 0 Å². The van der Waals surface area contributed by atoms with Crippen LogP contribution in [0.2, 0.25) is 0 Å². The molecule has 25 heavy (non-hydrogen) atoms. The lowest BCUT2D eigenvalue weighted by molar-refractivity contribution is -0.00679. The van der Waals surface area contributed by atoms with E-state index in [1.54, 1.807) is 25.3 Å². The summed E-state index contributed by atoms with van der Waals surface area (Å²) in [7, 11) is 1.64. The molecule has 0 aliphatic heterocycles. The van der Waals surface area contributed by atoms with Crippen LogP contribution in [0.4, 0.5) is 0 Å². The Hall–Kier alpha value is -1.57. The fourth-order valence-electron chi connectivity index (χ4n) is 1.86. The van der Waals surface area contributed by atoms with Crippen molar-refractivity contribution in [1.29, 1.82) is 0 Å². The molecule has 0 aliphatic carbocycles. The van der Waals surface area contributed by atoms with Crippen molar-refractivity contribution < 1.29 is 28.5 Å². The van der Waals surface area contributed by atoms with Gasteiger partial charge < -0.3 is 23.7 Å². The van der Waals surface area contributed by atoms with Gasteiger partial charge >= 0.3 is 0 Å². The van der Waals surface area contributed by atoms with Crippen molar-refractivity contribution in [3.05, 3.63) is 42.0 Å². The molecule has 0 spiro atoms. The van der Waals surface area contributed by atoms with Crippen molar-refractivity contribution in [2.75, 3.05) is 66.6 Å². The third-order valence-electron chi connectivity index (χ3n) is 3.25. The zero-order valence-corrected chi connectivity index (χ0v) is 14.9. The second-order valence-electron chi connectivity index (χ2n) is 5.13. The molecule has 0 aliphatic rings. The lowest BCUT2D eigenvalue weighted by atomic mass is 10.1. The van der Waals surface area contributed by atoms with Gasteiger partial charge in [0.1, 0.15) is 6.61 Å². The zero-order valence-electron chi connectivity index (χ0n) is 14.9. The monoisotopic (exact) mass is 352 g/mol. The van der Waals surface area contributed by atoms with Crippen LogP contribution in [0.5, 0.6) is 0 Å². The molecule has 0 aromatic heterocycles. The molecule has 0 bridgehead atoms. The summed E-state index contributed by atoms with van der Waals surface area (Å²) in [6, 6.07) is 7.25. The predicted molar refractivity (Wildman–Crippen MR) is 96.0 cm³/mol. The summed E-state index contributed by atoms with van der Waals surface area (Å²) in [5.74, 6) is -0.0487. The van der Waals surface area contributed by atoms with Gasteiger partial charge in [0.05, 0.1) is 52.9 Å². The van der Waals surface area contributed by atoms with E-state index < -0.39 is 0 Å². The zero-order chi connectivity index (χ0) is 18.2. The minimum atomic E-state index is -0.0487. The molecule has 0 saturated heterocycles. The summed E-state index contributed by atoms with van der Waals surface area (Å²) in [4.78, 5) is 11.9. The molecule has 140 valence electrons. The fraction of sp³-hybridized carbons (Fsp3) is 0.526. The molecular formula is C19H28O6. The van der Waals surface area contributed by atoms with Gasteiger partial charge in [-0.3, -0.25) is 4.79 Å². The van der Waals surface area contributed by atoms with Crippen LogP contribution >= 0.6 is 0 Å². The quantitative estimate of drug-likeness (QED) is 0.336. The highest BCUT2D eigenvalue weighted by atomic mass is 16.6. The Kier molecular flexibility index (Phi) is 12.7. The summed E-state index contributed by atoms with van der Waals surface area (Å²) in [5, 5.41) is 0. The second-order valence-corrected chi connectivity index (χ2v) is 5.13. The summed E-state index contributed by atoms with van der Waals surface area (Å²) >= 11 is 0. The van der Waals surface area contributed by atoms with Crippen LogP contribution in [-0.4, -0.2) is 72.4 Å². The number of Topliss-reactive ketones (excluding diaryl/α,β-unsaturated/α-hetero) is 1. The van der Waals surface area contributed by atoms with Crippen LogP contribution in [0.15, 0.2) is 30.8 Å². The predicted octanol–water partition coefficient (Wildman–Crippen LogP) is 2.23. The van der Waals surface area contributed by atoms with Gasteiger partial charge in [-0.1, -0.05) is 36.9 Å². The van der Waals surface area contributed by atoms with Gasteiger partial charge in [0.2, 0.25) is 0 Å². The van der Waals surface area contributed by atoms with Crippen LogP contribution < -0.4 is 0 Å². The molecule has 1 aromatic carbocycles. The summed E-state index contributed by atoms with van der Waals surface area (Å²) in [6.07, 6.45) is 1.74. The minimum Gasteiger partial charge on any atom is -0.382 e. The molecule has 1 rings (SSSR count). The molecular weight excluding hydrogens is 324 g/mol. The maximum absolute atomic E-state index is 11.9. The van der Waals surface area contributed by atoms with E-state index in [0.29, 0.717) is 58.4 Å². The maximum atomic E-state index is 11.9. The highest BCUT2D eigenvalue weighted by Crippen LogP contribution is 2.06. The van der Waals surface area contributed by atoms with E-state index in [1.807, 2.05) is 12.1 Å². The van der Waals surface area contributed by atoms with E-state index in [1.165, 1.54) is 0 Å². The molecule has 0 unspecified atom stereocenters. The van der Waals surface area contributed by atoms with E-state index in [-0.39, 0.29) is 12.4 Å². The van der Waals surface area contributed by atoms with Crippen molar-refractivity contribution >= 4 is 11.9 Å². The van der Waals surface area contributed by atoms with Crippen molar-refractivity contribution in [1.82, 2.24) is 0 Å². The standard InChI is InChI=1S/C19H28O6/c1-3-17-4-6-18(7-5-17)19(20)16-25-15-14-24-13-12-23-11-10-22-9-8-21-2/h3-7H,1,8-16H2,2H3. The Labute approximate surface area is 149 Å². The average Bonchev–Trinajstić information content (AvgIpc) is 2.65. The first-order valence-corrected chi connectivity index (χ1v) is 8.33. The average molecular weight is 352 g/mol. The van der Waals surface area contributed by atoms with Crippen molar-refractivity contribution in [2.24, 2.45) is 0 Å². The van der Waals surface area contributed by atoms with E-state index in [0.717, 1.165) is 5.56 Å². The molecule has 0 atom stereocenters. The smallest absolute Gasteiger partial charge is 0.188 e. The molecule has 6 nitrogen and oxygen atoms in total. The van der Waals surface area contributed by atoms with Crippen LogP contribution in [-0.2, 0) is 23.7 Å². The van der Waals surface area contributed by atoms with E-state index in [4.69, 9.17) is 23.7 Å². The summed E-state index contributed by atoms with van der Waals surface area (Å²) < 4.78 is 26.1. The number of rotatable bonds is 16. The fourth-order valence-corrected chi connectivity index (χ4v) is 1.86. The molecule has 0 heterocycles. The number of carbonyl (C=O) groups excluding carboxylic acids is 1. The Morgan fingerprint density at radius 2 is 1.32 bits per heavy atom. The number of hydrogen-bond acceptors (Lipinski definition) is 6. The molecule has 0 amide bonds. The SMILES string of the molecule is C=Cc1ccc(C(=O)COCCOCCOCCOCCOC)cc1. The summed E-state index contributed by atoms with van der Waals surface area (Å²) in [6.45, 7) is 7.75. The van der Waals surface area contributed by atoms with Crippen molar-refractivity contribution in [3.8, 4) is 0 Å². The van der Waals surface area contributed by atoms with Crippen LogP contribution in [0.25, 0.3) is 6.08 Å². The Morgan fingerprint density at radius 3 is 1.80 bits per heavy atom. The molecule has 6 heteroatoms. The van der Waals surface area contributed by atoms with E-state index >= 15 is 0 Å². The summed E-state index contributed by atoms with van der Waals surface area (Å²) in [5.41, 5.74) is 1.61. The molecule has 0 fully saturated rings. The number of carbonyl (C=O) groups is 1. The Bertz CT molecular complexity index is 471. The number of hydrogen-bond donors (Lipinski definition) is 0. The third kappa shape index (κ3) is 10.8. The number of benzene rings is 1. The normalized spacial score (nSPS) is 10.8. The van der Waals surface area contributed by atoms with Gasteiger partial charge in [0.15, 0.2) is 5.78 Å². The van der Waals surface area contributed by atoms with Gasteiger partial charge in [-0.25, -0.2) is 0 Å². The van der Waals surface area contributed by atoms with Crippen molar-refractivity contribution in [2.45, 2.75) is 0 Å². The second kappa shape index (κ2) is 14.7. The number of methoxy groups -OCH3 is 1. The first kappa shape index (κ1) is 21.5.